The minimum Gasteiger partial charge on any atom is -0.245 e. The Morgan fingerprint density at radius 1 is 1.13 bits per heavy atom. The summed E-state index contributed by atoms with van der Waals surface area (Å²) in [4.78, 5) is 4.04. The van der Waals surface area contributed by atoms with Gasteiger partial charge in [0.1, 0.15) is 11.8 Å². The maximum atomic E-state index is 8.63. The molecule has 0 aliphatic rings. The van der Waals surface area contributed by atoms with Gasteiger partial charge in [0.15, 0.2) is 0 Å². The largest absolute Gasteiger partial charge is 0.245 e. The van der Waals surface area contributed by atoms with E-state index < -0.39 is 0 Å². The third-order valence-electron chi connectivity index (χ3n) is 2.23. The normalized spacial score (nSPS) is 9.60. The zero-order valence-corrected chi connectivity index (χ0v) is 8.44. The molecule has 2 heteroatoms. The zero-order chi connectivity index (χ0) is 10.7. The van der Waals surface area contributed by atoms with Crippen molar-refractivity contribution >= 4 is 0 Å². The second-order valence-corrected chi connectivity index (χ2v) is 3.41. The molecule has 0 fully saturated rings. The Bertz CT molecular complexity index is 507. The van der Waals surface area contributed by atoms with E-state index in [1.165, 1.54) is 5.56 Å². The molecule has 2 nitrogen and oxygen atoms in total. The summed E-state index contributed by atoms with van der Waals surface area (Å²) >= 11 is 0. The first-order valence-corrected chi connectivity index (χ1v) is 4.73. The van der Waals surface area contributed by atoms with Crippen LogP contribution >= 0.6 is 0 Å². The van der Waals surface area contributed by atoms with Crippen molar-refractivity contribution in [3.05, 3.63) is 53.9 Å². The van der Waals surface area contributed by atoms with Gasteiger partial charge in [-0.3, -0.25) is 0 Å². The van der Waals surface area contributed by atoms with Crippen LogP contribution in [0.3, 0.4) is 0 Å². The summed E-state index contributed by atoms with van der Waals surface area (Å²) in [5, 5.41) is 8.63. The van der Waals surface area contributed by atoms with Crippen molar-refractivity contribution in [1.29, 1.82) is 5.26 Å². The summed E-state index contributed by atoms with van der Waals surface area (Å²) < 4.78 is 0. The fourth-order valence-electron chi connectivity index (χ4n) is 1.46. The standard InChI is InChI=1S/C13H10N2/c1-10-3-2-4-11(7-10)12-5-6-13(8-14)15-9-12/h2-7,9H,1H3. The third-order valence-corrected chi connectivity index (χ3v) is 2.23. The van der Waals surface area contributed by atoms with Crippen molar-refractivity contribution in [2.45, 2.75) is 6.92 Å². The molecule has 0 saturated heterocycles. The van der Waals surface area contributed by atoms with Gasteiger partial charge in [0, 0.05) is 11.8 Å². The van der Waals surface area contributed by atoms with Crippen LogP contribution in [0.4, 0.5) is 0 Å². The maximum absolute atomic E-state index is 8.63. The van der Waals surface area contributed by atoms with Gasteiger partial charge < -0.3 is 0 Å². The van der Waals surface area contributed by atoms with Gasteiger partial charge in [0.05, 0.1) is 0 Å². The number of rotatable bonds is 1. The first-order chi connectivity index (χ1) is 7.29. The zero-order valence-electron chi connectivity index (χ0n) is 8.44. The molecule has 0 aliphatic carbocycles. The molecular weight excluding hydrogens is 184 g/mol. The average molecular weight is 194 g/mol. The van der Waals surface area contributed by atoms with E-state index in [-0.39, 0.29) is 0 Å². The molecule has 2 aromatic rings. The van der Waals surface area contributed by atoms with Gasteiger partial charge in [-0.2, -0.15) is 5.26 Å². The Hall–Kier alpha value is -2.14. The van der Waals surface area contributed by atoms with Gasteiger partial charge in [-0.05, 0) is 24.6 Å². The van der Waals surface area contributed by atoms with E-state index in [1.807, 2.05) is 24.3 Å². The van der Waals surface area contributed by atoms with Crippen molar-refractivity contribution in [1.82, 2.24) is 4.98 Å². The molecule has 15 heavy (non-hydrogen) atoms. The summed E-state index contributed by atoms with van der Waals surface area (Å²) in [6.45, 7) is 2.06. The molecule has 0 saturated carbocycles. The number of nitrogens with zero attached hydrogens (tertiary/aromatic N) is 2. The van der Waals surface area contributed by atoms with Gasteiger partial charge >= 0.3 is 0 Å². The summed E-state index contributed by atoms with van der Waals surface area (Å²) in [5.74, 6) is 0. The number of aromatic nitrogens is 1. The van der Waals surface area contributed by atoms with Crippen molar-refractivity contribution < 1.29 is 0 Å². The van der Waals surface area contributed by atoms with Crippen LogP contribution in [-0.4, -0.2) is 4.98 Å². The Morgan fingerprint density at radius 2 is 2.00 bits per heavy atom. The highest BCUT2D eigenvalue weighted by atomic mass is 14.7. The van der Waals surface area contributed by atoms with Crippen LogP contribution in [0.25, 0.3) is 11.1 Å². The van der Waals surface area contributed by atoms with Crippen LogP contribution in [0.5, 0.6) is 0 Å². The number of nitriles is 1. The van der Waals surface area contributed by atoms with E-state index in [1.54, 1.807) is 12.3 Å². The van der Waals surface area contributed by atoms with Crippen molar-refractivity contribution in [3.63, 3.8) is 0 Å². The van der Waals surface area contributed by atoms with Gasteiger partial charge in [-0.1, -0.05) is 29.8 Å². The van der Waals surface area contributed by atoms with Gasteiger partial charge in [0.25, 0.3) is 0 Å². The minimum atomic E-state index is 0.450. The van der Waals surface area contributed by atoms with Crippen LogP contribution in [0.2, 0.25) is 0 Å². The number of aryl methyl sites for hydroxylation is 1. The Balaban J connectivity index is 2.42. The quantitative estimate of drug-likeness (QED) is 0.699. The van der Waals surface area contributed by atoms with E-state index in [4.69, 9.17) is 5.26 Å². The third kappa shape index (κ3) is 2.03. The predicted molar refractivity (Wildman–Crippen MR) is 59.1 cm³/mol. The summed E-state index contributed by atoms with van der Waals surface area (Å²) in [6, 6.07) is 13.9. The Labute approximate surface area is 88.8 Å². The average Bonchev–Trinajstić information content (AvgIpc) is 2.29. The molecule has 72 valence electrons. The van der Waals surface area contributed by atoms with E-state index in [2.05, 4.69) is 24.0 Å². The molecule has 1 heterocycles. The van der Waals surface area contributed by atoms with Gasteiger partial charge in [-0.25, -0.2) is 4.98 Å². The van der Waals surface area contributed by atoms with E-state index >= 15 is 0 Å². The molecule has 0 radical (unpaired) electrons. The van der Waals surface area contributed by atoms with Crippen LogP contribution < -0.4 is 0 Å². The molecule has 1 aromatic carbocycles. The molecule has 1 aromatic heterocycles. The molecular formula is C13H10N2. The first kappa shape index (κ1) is 9.42. The fourth-order valence-corrected chi connectivity index (χ4v) is 1.46. The minimum absolute atomic E-state index is 0.450. The number of hydrogen-bond acceptors (Lipinski definition) is 2. The molecule has 0 N–H and O–H groups in total. The van der Waals surface area contributed by atoms with E-state index in [0.29, 0.717) is 5.69 Å². The SMILES string of the molecule is Cc1cccc(-c2ccc(C#N)nc2)c1. The summed E-state index contributed by atoms with van der Waals surface area (Å²) in [6.07, 6.45) is 1.73. The topological polar surface area (TPSA) is 36.7 Å². The maximum Gasteiger partial charge on any atom is 0.140 e. The van der Waals surface area contributed by atoms with Crippen LogP contribution in [-0.2, 0) is 0 Å². The van der Waals surface area contributed by atoms with Crippen molar-refractivity contribution in [2.75, 3.05) is 0 Å². The lowest BCUT2D eigenvalue weighted by Crippen LogP contribution is -1.84. The second kappa shape index (κ2) is 3.93. The number of pyridine rings is 1. The molecule has 0 atom stereocenters. The number of hydrogen-bond donors (Lipinski definition) is 0. The molecule has 0 unspecified atom stereocenters. The lowest BCUT2D eigenvalue weighted by atomic mass is 10.1. The van der Waals surface area contributed by atoms with Crippen LogP contribution in [0, 0.1) is 18.3 Å². The highest BCUT2D eigenvalue weighted by Crippen LogP contribution is 2.19. The molecule has 0 spiro atoms. The molecule has 0 amide bonds. The monoisotopic (exact) mass is 194 g/mol. The van der Waals surface area contributed by atoms with E-state index in [0.717, 1.165) is 11.1 Å². The van der Waals surface area contributed by atoms with Crippen molar-refractivity contribution in [2.24, 2.45) is 0 Å². The fraction of sp³-hybridized carbons (Fsp3) is 0.0769. The smallest absolute Gasteiger partial charge is 0.140 e. The lowest BCUT2D eigenvalue weighted by molar-refractivity contribution is 1.26. The van der Waals surface area contributed by atoms with E-state index in [9.17, 15) is 0 Å². The van der Waals surface area contributed by atoms with Gasteiger partial charge in [0.2, 0.25) is 0 Å². The summed E-state index contributed by atoms with van der Waals surface area (Å²) in [5.41, 5.74) is 3.84. The first-order valence-electron chi connectivity index (χ1n) is 4.73. The lowest BCUT2D eigenvalue weighted by Gasteiger charge is -2.01. The predicted octanol–water partition coefficient (Wildman–Crippen LogP) is 2.93. The molecule has 0 aliphatic heterocycles. The highest BCUT2D eigenvalue weighted by molar-refractivity contribution is 5.63. The Morgan fingerprint density at radius 3 is 2.60 bits per heavy atom. The van der Waals surface area contributed by atoms with Crippen LogP contribution in [0.15, 0.2) is 42.6 Å². The number of benzene rings is 1. The molecule has 0 bridgehead atoms. The van der Waals surface area contributed by atoms with Crippen molar-refractivity contribution in [3.8, 4) is 17.2 Å². The second-order valence-electron chi connectivity index (χ2n) is 3.41. The van der Waals surface area contributed by atoms with Gasteiger partial charge in [-0.15, -0.1) is 0 Å². The molecule has 2 rings (SSSR count). The summed E-state index contributed by atoms with van der Waals surface area (Å²) in [7, 11) is 0. The Kier molecular flexibility index (Phi) is 2.47. The highest BCUT2D eigenvalue weighted by Gasteiger charge is 1.98. The van der Waals surface area contributed by atoms with Crippen LogP contribution in [0.1, 0.15) is 11.3 Å².